The second kappa shape index (κ2) is 8.18. The van der Waals surface area contributed by atoms with E-state index in [1.54, 1.807) is 0 Å². The van der Waals surface area contributed by atoms with Crippen molar-refractivity contribution in [3.8, 4) is 0 Å². The third-order valence-electron chi connectivity index (χ3n) is 0. The van der Waals surface area contributed by atoms with Gasteiger partial charge in [-0.1, -0.05) is 0 Å². The number of rotatable bonds is 0. The minimum atomic E-state index is -5.17. The molecule has 0 saturated heterocycles. The van der Waals surface area contributed by atoms with Crippen LogP contribution in [0.5, 0.6) is 0 Å². The Labute approximate surface area is 63.1 Å². The fraction of sp³-hybridized carbons (Fsp3) is 0. The van der Waals surface area contributed by atoms with Gasteiger partial charge in [0.15, 0.2) is 0 Å². The molecule has 0 unspecified atom stereocenters. The van der Waals surface area contributed by atoms with Crippen molar-refractivity contribution in [3.05, 3.63) is 0 Å². The zero-order valence-electron chi connectivity index (χ0n) is 3.67. The summed E-state index contributed by atoms with van der Waals surface area (Å²) in [5, 5.41) is 0. The van der Waals surface area contributed by atoms with Crippen molar-refractivity contribution < 1.29 is 42.9 Å². The molecule has 0 heterocycles. The Hall–Kier alpha value is 0.180. The first-order chi connectivity index (χ1) is 3.41. The average molecular weight is 215 g/mol. The first-order valence-corrected chi connectivity index (χ1v) is 3.22. The molecule has 6 nitrogen and oxygen atoms in total. The average Bonchev–Trinajstić information content (AvgIpc) is 1.27. The van der Waals surface area contributed by atoms with Crippen molar-refractivity contribution >= 4 is 19.7 Å². The minimum Gasteiger partial charge on any atom is -0.759 e. The Morgan fingerprint density at radius 1 is 1.11 bits per heavy atom. The quantitative estimate of drug-likeness (QED) is 0.263. The van der Waals surface area contributed by atoms with Crippen LogP contribution in [-0.2, 0) is 35.8 Å². The van der Waals surface area contributed by atoms with Gasteiger partial charge >= 0.3 is 25.8 Å². The van der Waals surface area contributed by atoms with Gasteiger partial charge in [0.2, 0.25) is 0 Å². The van der Waals surface area contributed by atoms with Crippen molar-refractivity contribution in [2.24, 2.45) is 0 Å². The standard InChI is InChI=1S/Ni.H2O4S.O2Si/c;1-5(2,3)4;1-3-2/h;(H2,1,2,3,4);/q+2;;/p-2. The molecule has 0 aromatic carbocycles. The molecule has 0 saturated carbocycles. The van der Waals surface area contributed by atoms with Crippen molar-refractivity contribution in [1.29, 1.82) is 0 Å². The first kappa shape index (κ1) is 16.1. The van der Waals surface area contributed by atoms with Gasteiger partial charge in [0.1, 0.15) is 0 Å². The van der Waals surface area contributed by atoms with Crippen molar-refractivity contribution in [2.75, 3.05) is 0 Å². The van der Waals surface area contributed by atoms with E-state index >= 15 is 0 Å². The fourth-order valence-electron chi connectivity index (χ4n) is 0. The molecule has 0 bridgehead atoms. The first-order valence-electron chi connectivity index (χ1n) is 1.07. The van der Waals surface area contributed by atoms with E-state index in [1.807, 2.05) is 0 Å². The molecule has 0 N–H and O–H groups in total. The maximum atomic E-state index is 8.52. The van der Waals surface area contributed by atoms with E-state index in [0.717, 1.165) is 0 Å². The van der Waals surface area contributed by atoms with Gasteiger partial charge in [-0.3, -0.25) is 17.3 Å². The zero-order chi connectivity index (χ0) is 7.21. The zero-order valence-corrected chi connectivity index (χ0v) is 6.48. The van der Waals surface area contributed by atoms with E-state index in [4.69, 9.17) is 26.4 Å². The maximum Gasteiger partial charge on any atom is 2.00 e. The van der Waals surface area contributed by atoms with Crippen LogP contribution in [0.15, 0.2) is 0 Å². The Morgan fingerprint density at radius 3 is 1.11 bits per heavy atom. The largest absolute Gasteiger partial charge is 2.00 e. The summed E-state index contributed by atoms with van der Waals surface area (Å²) >= 11 is 0. The smallest absolute Gasteiger partial charge is 0.759 e. The second-order valence-electron chi connectivity index (χ2n) is 0.492. The second-order valence-corrected chi connectivity index (χ2v) is 1.47. The molecule has 0 aliphatic carbocycles. The normalized spacial score (nSPS) is 7.33. The molecule has 56 valence electrons. The van der Waals surface area contributed by atoms with E-state index in [0.29, 0.717) is 0 Å². The molecule has 0 aliphatic rings. The van der Waals surface area contributed by atoms with Crippen LogP contribution >= 0.6 is 0 Å². The molecule has 0 spiro atoms. The van der Waals surface area contributed by atoms with Gasteiger partial charge in [-0.25, -0.2) is 0 Å². The Kier molecular flexibility index (Phi) is 14.6. The predicted octanol–water partition coefficient (Wildman–Crippen LogP) is -1.96. The molecule has 9 heteroatoms. The molecule has 0 fully saturated rings. The fourth-order valence-corrected chi connectivity index (χ4v) is 0. The summed E-state index contributed by atoms with van der Waals surface area (Å²) in [5.74, 6) is 0. The van der Waals surface area contributed by atoms with Crippen LogP contribution in [-0.4, -0.2) is 26.8 Å². The van der Waals surface area contributed by atoms with E-state index in [2.05, 4.69) is 0 Å². The summed E-state index contributed by atoms with van der Waals surface area (Å²) in [4.78, 5) is 0. The molecule has 0 aromatic heterocycles. The van der Waals surface area contributed by atoms with E-state index in [-0.39, 0.29) is 16.5 Å². The van der Waals surface area contributed by atoms with E-state index in [9.17, 15) is 0 Å². The SMILES string of the molecule is O=S(=O)([O-])[O-].O=[Si]=O.[Ni+2]. The molecule has 0 amide bonds. The molecule has 0 aliphatic heterocycles. The monoisotopic (exact) mass is 214 g/mol. The van der Waals surface area contributed by atoms with Crippen LogP contribution < -0.4 is 0 Å². The summed E-state index contributed by atoms with van der Waals surface area (Å²) in [6.07, 6.45) is 0. The molecule has 0 atom stereocenters. The third kappa shape index (κ3) is 9600. The Morgan fingerprint density at radius 2 is 1.11 bits per heavy atom. The van der Waals surface area contributed by atoms with Crippen LogP contribution in [0.2, 0.25) is 0 Å². The van der Waals surface area contributed by atoms with Crippen LogP contribution in [0.1, 0.15) is 0 Å². The van der Waals surface area contributed by atoms with Gasteiger partial charge in [-0.05, 0) is 0 Å². The molecular formula is NiO6SSi. The van der Waals surface area contributed by atoms with E-state index < -0.39 is 19.7 Å². The Bertz CT molecular complexity index is 153. The van der Waals surface area contributed by atoms with Crippen LogP contribution in [0.3, 0.4) is 0 Å². The number of hydrogen-bond donors (Lipinski definition) is 0. The molecule has 9 heavy (non-hydrogen) atoms. The molecule has 0 rings (SSSR count). The van der Waals surface area contributed by atoms with Gasteiger partial charge in [0, 0.05) is 10.4 Å². The van der Waals surface area contributed by atoms with Crippen LogP contribution in [0.25, 0.3) is 0 Å². The summed E-state index contributed by atoms with van der Waals surface area (Å²) in [7, 11) is -6.58. The van der Waals surface area contributed by atoms with Crippen LogP contribution in [0, 0.1) is 0 Å². The predicted molar refractivity (Wildman–Crippen MR) is 17.6 cm³/mol. The minimum absolute atomic E-state index is 0. The third-order valence-corrected chi connectivity index (χ3v) is 0. The van der Waals surface area contributed by atoms with Gasteiger partial charge in [-0.2, -0.15) is 0 Å². The molecule has 0 aromatic rings. The Balaban J connectivity index is -0.0000000800. The molecule has 0 radical (unpaired) electrons. The van der Waals surface area contributed by atoms with Gasteiger partial charge < -0.3 is 9.11 Å². The van der Waals surface area contributed by atoms with Crippen molar-refractivity contribution in [1.82, 2.24) is 0 Å². The summed E-state index contributed by atoms with van der Waals surface area (Å²) in [6.45, 7) is 0. The summed E-state index contributed by atoms with van der Waals surface area (Å²) in [5.41, 5.74) is 0. The van der Waals surface area contributed by atoms with Gasteiger partial charge in [-0.15, -0.1) is 0 Å². The van der Waals surface area contributed by atoms with Crippen molar-refractivity contribution in [3.63, 3.8) is 0 Å². The van der Waals surface area contributed by atoms with Crippen LogP contribution in [0.4, 0.5) is 0 Å². The van der Waals surface area contributed by atoms with E-state index in [1.165, 1.54) is 0 Å². The topological polar surface area (TPSA) is 114 Å². The summed E-state index contributed by atoms with van der Waals surface area (Å²) < 4.78 is 50.9. The molecular weight excluding hydrogens is 215 g/mol. The maximum absolute atomic E-state index is 8.52. The van der Waals surface area contributed by atoms with Gasteiger partial charge in [0.25, 0.3) is 0 Å². The summed E-state index contributed by atoms with van der Waals surface area (Å²) in [6, 6.07) is 0. The number of hydrogen-bond acceptors (Lipinski definition) is 6. The van der Waals surface area contributed by atoms with Gasteiger partial charge in [0.05, 0.1) is 0 Å². The van der Waals surface area contributed by atoms with Crippen molar-refractivity contribution in [2.45, 2.75) is 0 Å².